The molecule has 1 unspecified atom stereocenters. The summed E-state index contributed by atoms with van der Waals surface area (Å²) in [6.45, 7) is 7.32. The maximum absolute atomic E-state index is 4.41. The van der Waals surface area contributed by atoms with Crippen LogP contribution in [0.4, 0.5) is 0 Å². The number of nitrogens with one attached hydrogen (secondary N) is 1. The van der Waals surface area contributed by atoms with Gasteiger partial charge >= 0.3 is 0 Å². The fourth-order valence-corrected chi connectivity index (χ4v) is 2.39. The van der Waals surface area contributed by atoms with Crippen LogP contribution in [0.1, 0.15) is 42.3 Å². The fraction of sp³-hybridized carbons (Fsp3) is 0.389. The number of nitrogens with zero attached hydrogens (tertiary/aromatic N) is 1. The lowest BCUT2D eigenvalue weighted by Crippen LogP contribution is -2.23. The van der Waals surface area contributed by atoms with Gasteiger partial charge in [-0.25, -0.2) is 0 Å². The second kappa shape index (κ2) is 7.20. The third kappa shape index (κ3) is 3.91. The molecular formula is C18H24N2. The zero-order valence-electron chi connectivity index (χ0n) is 12.7. The maximum Gasteiger partial charge on any atom is 0.0376 e. The van der Waals surface area contributed by atoms with Gasteiger partial charge in [0.15, 0.2) is 0 Å². The highest BCUT2D eigenvalue weighted by Crippen LogP contribution is 2.18. The minimum Gasteiger partial charge on any atom is -0.310 e. The van der Waals surface area contributed by atoms with E-state index in [0.29, 0.717) is 6.04 Å². The van der Waals surface area contributed by atoms with Crippen molar-refractivity contribution in [2.45, 2.75) is 39.7 Å². The summed E-state index contributed by atoms with van der Waals surface area (Å²) in [6, 6.07) is 13.5. The van der Waals surface area contributed by atoms with Crippen LogP contribution < -0.4 is 5.32 Å². The van der Waals surface area contributed by atoms with Crippen molar-refractivity contribution in [1.82, 2.24) is 10.3 Å². The van der Waals surface area contributed by atoms with Crippen LogP contribution in [-0.4, -0.2) is 11.5 Å². The van der Waals surface area contributed by atoms with Crippen LogP contribution in [0.15, 0.2) is 42.6 Å². The number of hydrogen-bond acceptors (Lipinski definition) is 2. The van der Waals surface area contributed by atoms with Gasteiger partial charge in [-0.1, -0.05) is 44.2 Å². The minimum atomic E-state index is 0.334. The predicted molar refractivity (Wildman–Crippen MR) is 84.9 cm³/mol. The van der Waals surface area contributed by atoms with Gasteiger partial charge in [0, 0.05) is 17.9 Å². The maximum atomic E-state index is 4.41. The van der Waals surface area contributed by atoms with Gasteiger partial charge in [0.2, 0.25) is 0 Å². The van der Waals surface area contributed by atoms with E-state index in [1.807, 2.05) is 13.1 Å². The van der Waals surface area contributed by atoms with E-state index >= 15 is 0 Å². The molecule has 1 aromatic carbocycles. The monoisotopic (exact) mass is 268 g/mol. The topological polar surface area (TPSA) is 24.9 Å². The Kier molecular flexibility index (Phi) is 5.31. The lowest BCUT2D eigenvalue weighted by molar-refractivity contribution is 0.548. The van der Waals surface area contributed by atoms with Crippen LogP contribution in [0.25, 0.3) is 0 Å². The Bertz CT molecular complexity index is 514. The first kappa shape index (κ1) is 14.7. The molecule has 0 aliphatic carbocycles. The molecule has 0 saturated carbocycles. The number of aryl methyl sites for hydroxylation is 2. The average Bonchev–Trinajstić information content (AvgIpc) is 2.48. The largest absolute Gasteiger partial charge is 0.310 e. The Balaban J connectivity index is 2.13. The summed E-state index contributed by atoms with van der Waals surface area (Å²) < 4.78 is 0. The van der Waals surface area contributed by atoms with Crippen molar-refractivity contribution in [3.63, 3.8) is 0 Å². The summed E-state index contributed by atoms with van der Waals surface area (Å²) in [6.07, 6.45) is 4.09. The Morgan fingerprint density at radius 2 is 1.70 bits per heavy atom. The van der Waals surface area contributed by atoms with Crippen LogP contribution in [0.2, 0.25) is 0 Å². The van der Waals surface area contributed by atoms with Crippen LogP contribution in [0.5, 0.6) is 0 Å². The standard InChI is InChI=1S/C18H24N2/c1-4-15-7-9-16(10-8-15)12-18(19-5-2)17-11-6-14(3)20-13-17/h6-11,13,18-19H,4-5,12H2,1-3H3. The van der Waals surface area contributed by atoms with Gasteiger partial charge in [0.05, 0.1) is 0 Å². The molecule has 1 N–H and O–H groups in total. The fourth-order valence-electron chi connectivity index (χ4n) is 2.39. The quantitative estimate of drug-likeness (QED) is 0.861. The summed E-state index contributed by atoms with van der Waals surface area (Å²) in [5, 5.41) is 3.56. The number of likely N-dealkylation sites (N-methyl/N-ethyl adjacent to an activating group) is 1. The van der Waals surface area contributed by atoms with Crippen LogP contribution >= 0.6 is 0 Å². The Hall–Kier alpha value is -1.67. The predicted octanol–water partition coefficient (Wildman–Crippen LogP) is 3.85. The number of rotatable bonds is 6. The van der Waals surface area contributed by atoms with E-state index in [1.54, 1.807) is 0 Å². The Morgan fingerprint density at radius 3 is 2.25 bits per heavy atom. The van der Waals surface area contributed by atoms with E-state index in [1.165, 1.54) is 16.7 Å². The molecule has 0 amide bonds. The second-order valence-corrected chi connectivity index (χ2v) is 5.22. The van der Waals surface area contributed by atoms with Gasteiger partial charge in [-0.15, -0.1) is 0 Å². The lowest BCUT2D eigenvalue weighted by Gasteiger charge is -2.18. The van der Waals surface area contributed by atoms with Gasteiger partial charge in [0.1, 0.15) is 0 Å². The van der Waals surface area contributed by atoms with Crippen molar-refractivity contribution >= 4 is 0 Å². The van der Waals surface area contributed by atoms with E-state index in [0.717, 1.165) is 25.1 Å². The highest BCUT2D eigenvalue weighted by Gasteiger charge is 2.11. The summed E-state index contributed by atoms with van der Waals surface area (Å²) in [7, 11) is 0. The molecule has 1 heterocycles. The van der Waals surface area contributed by atoms with E-state index < -0.39 is 0 Å². The van der Waals surface area contributed by atoms with E-state index in [9.17, 15) is 0 Å². The van der Waals surface area contributed by atoms with Gasteiger partial charge in [-0.2, -0.15) is 0 Å². The van der Waals surface area contributed by atoms with Crippen molar-refractivity contribution in [2.24, 2.45) is 0 Å². The van der Waals surface area contributed by atoms with Gasteiger partial charge in [-0.05, 0) is 49.1 Å². The lowest BCUT2D eigenvalue weighted by atomic mass is 9.98. The molecule has 20 heavy (non-hydrogen) atoms. The molecule has 0 saturated heterocycles. The Labute approximate surface area is 122 Å². The molecule has 0 aliphatic rings. The summed E-state index contributed by atoms with van der Waals surface area (Å²) >= 11 is 0. The third-order valence-electron chi connectivity index (χ3n) is 3.66. The molecular weight excluding hydrogens is 244 g/mol. The van der Waals surface area contributed by atoms with Crippen molar-refractivity contribution in [2.75, 3.05) is 6.54 Å². The van der Waals surface area contributed by atoms with Crippen molar-refractivity contribution in [3.05, 3.63) is 65.0 Å². The molecule has 106 valence electrons. The SMILES string of the molecule is CCNC(Cc1ccc(CC)cc1)c1ccc(C)nc1. The number of aromatic nitrogens is 1. The van der Waals surface area contributed by atoms with Crippen LogP contribution in [-0.2, 0) is 12.8 Å². The average molecular weight is 268 g/mol. The zero-order valence-corrected chi connectivity index (χ0v) is 12.7. The van der Waals surface area contributed by atoms with Crippen LogP contribution in [0.3, 0.4) is 0 Å². The molecule has 2 nitrogen and oxygen atoms in total. The first-order valence-corrected chi connectivity index (χ1v) is 7.46. The summed E-state index contributed by atoms with van der Waals surface area (Å²) in [4.78, 5) is 4.41. The molecule has 2 rings (SSSR count). The van der Waals surface area contributed by atoms with E-state index in [-0.39, 0.29) is 0 Å². The molecule has 0 fully saturated rings. The smallest absolute Gasteiger partial charge is 0.0376 e. The Morgan fingerprint density at radius 1 is 1.00 bits per heavy atom. The number of hydrogen-bond donors (Lipinski definition) is 1. The zero-order chi connectivity index (χ0) is 14.4. The van der Waals surface area contributed by atoms with Crippen molar-refractivity contribution < 1.29 is 0 Å². The summed E-state index contributed by atoms with van der Waals surface area (Å²) in [5.74, 6) is 0. The van der Waals surface area contributed by atoms with Gasteiger partial charge < -0.3 is 5.32 Å². The van der Waals surface area contributed by atoms with Crippen LogP contribution in [0, 0.1) is 6.92 Å². The van der Waals surface area contributed by atoms with Crippen molar-refractivity contribution in [3.8, 4) is 0 Å². The molecule has 0 spiro atoms. The molecule has 1 atom stereocenters. The number of pyridine rings is 1. The van der Waals surface area contributed by atoms with E-state index in [2.05, 4.69) is 60.5 Å². The first-order valence-electron chi connectivity index (χ1n) is 7.46. The molecule has 1 aromatic heterocycles. The van der Waals surface area contributed by atoms with Gasteiger partial charge in [0.25, 0.3) is 0 Å². The first-order chi connectivity index (χ1) is 9.72. The molecule has 2 aromatic rings. The van der Waals surface area contributed by atoms with Crippen molar-refractivity contribution in [1.29, 1.82) is 0 Å². The molecule has 0 bridgehead atoms. The minimum absolute atomic E-state index is 0.334. The molecule has 0 aliphatic heterocycles. The molecule has 2 heteroatoms. The van der Waals surface area contributed by atoms with Gasteiger partial charge in [-0.3, -0.25) is 4.98 Å². The highest BCUT2D eigenvalue weighted by molar-refractivity contribution is 5.26. The summed E-state index contributed by atoms with van der Waals surface area (Å²) in [5.41, 5.74) is 5.09. The highest BCUT2D eigenvalue weighted by atomic mass is 14.9. The van der Waals surface area contributed by atoms with E-state index in [4.69, 9.17) is 0 Å². The third-order valence-corrected chi connectivity index (χ3v) is 3.66. The number of benzene rings is 1. The second-order valence-electron chi connectivity index (χ2n) is 5.22. The molecule has 0 radical (unpaired) electrons. The normalized spacial score (nSPS) is 12.3.